The van der Waals surface area contributed by atoms with Gasteiger partial charge in [-0.05, 0) is 51.3 Å². The fourth-order valence-electron chi connectivity index (χ4n) is 2.94. The molecule has 1 saturated heterocycles. The maximum Gasteiger partial charge on any atom is 0.122 e. The van der Waals surface area contributed by atoms with Crippen LogP contribution in [-0.4, -0.2) is 24.0 Å². The molecule has 0 bridgehead atoms. The molecule has 2 rings (SSSR count). The molecule has 0 aliphatic carbocycles. The van der Waals surface area contributed by atoms with Gasteiger partial charge in [-0.3, -0.25) is 4.90 Å². The van der Waals surface area contributed by atoms with Gasteiger partial charge in [0, 0.05) is 12.6 Å². The topological polar surface area (TPSA) is 42.4 Å². The van der Waals surface area contributed by atoms with E-state index in [-0.39, 0.29) is 6.04 Å². The van der Waals surface area contributed by atoms with Crippen LogP contribution in [0.1, 0.15) is 44.3 Å². The van der Waals surface area contributed by atoms with Crippen LogP contribution in [0, 0.1) is 12.8 Å². The molecule has 1 aliphatic heterocycles. The largest absolute Gasteiger partial charge is 0.465 e. The number of furan rings is 1. The lowest BCUT2D eigenvalue weighted by molar-refractivity contribution is 0.0738. The first-order chi connectivity index (χ1) is 8.11. The summed E-state index contributed by atoms with van der Waals surface area (Å²) in [4.78, 5) is 2.50. The average molecular weight is 236 g/mol. The number of nitrogens with zero attached hydrogens (tertiary/aromatic N) is 1. The molecule has 1 aromatic heterocycles. The van der Waals surface area contributed by atoms with E-state index in [0.29, 0.717) is 12.6 Å². The minimum Gasteiger partial charge on any atom is -0.465 e. The summed E-state index contributed by atoms with van der Waals surface area (Å²) < 4.78 is 5.74. The van der Waals surface area contributed by atoms with Crippen molar-refractivity contribution in [3.8, 4) is 0 Å². The Morgan fingerprint density at radius 1 is 1.47 bits per heavy atom. The van der Waals surface area contributed by atoms with Gasteiger partial charge in [-0.2, -0.15) is 0 Å². The zero-order chi connectivity index (χ0) is 12.4. The molecule has 2 heterocycles. The molecule has 1 aliphatic rings. The van der Waals surface area contributed by atoms with Gasteiger partial charge in [-0.15, -0.1) is 0 Å². The van der Waals surface area contributed by atoms with E-state index in [9.17, 15) is 0 Å². The molecule has 0 saturated carbocycles. The molecule has 3 atom stereocenters. The zero-order valence-corrected chi connectivity index (χ0v) is 11.1. The first-order valence-corrected chi connectivity index (χ1v) is 6.64. The van der Waals surface area contributed by atoms with E-state index in [1.165, 1.54) is 12.8 Å². The lowest BCUT2D eigenvalue weighted by Gasteiger charge is -2.40. The van der Waals surface area contributed by atoms with Gasteiger partial charge in [-0.25, -0.2) is 0 Å². The van der Waals surface area contributed by atoms with Crippen molar-refractivity contribution >= 4 is 0 Å². The zero-order valence-electron chi connectivity index (χ0n) is 11.1. The molecule has 2 N–H and O–H groups in total. The van der Waals surface area contributed by atoms with Gasteiger partial charge in [0.1, 0.15) is 11.5 Å². The lowest BCUT2D eigenvalue weighted by Crippen LogP contribution is -2.44. The van der Waals surface area contributed by atoms with Crippen LogP contribution in [-0.2, 0) is 0 Å². The van der Waals surface area contributed by atoms with Crippen LogP contribution in [0.3, 0.4) is 0 Å². The van der Waals surface area contributed by atoms with Gasteiger partial charge >= 0.3 is 0 Å². The fourth-order valence-corrected chi connectivity index (χ4v) is 2.94. The fraction of sp³-hybridized carbons (Fsp3) is 0.714. The molecule has 0 aromatic carbocycles. The molecule has 1 aromatic rings. The summed E-state index contributed by atoms with van der Waals surface area (Å²) in [6, 6.07) is 4.93. The molecular weight excluding hydrogens is 212 g/mol. The summed E-state index contributed by atoms with van der Waals surface area (Å²) in [6.45, 7) is 8.38. The smallest absolute Gasteiger partial charge is 0.122 e. The van der Waals surface area contributed by atoms with Crippen molar-refractivity contribution in [1.82, 2.24) is 4.90 Å². The van der Waals surface area contributed by atoms with Crippen molar-refractivity contribution in [1.29, 1.82) is 0 Å². The highest BCUT2D eigenvalue weighted by Crippen LogP contribution is 2.30. The number of nitrogens with two attached hydrogens (primary N) is 1. The quantitative estimate of drug-likeness (QED) is 0.877. The van der Waals surface area contributed by atoms with Crippen molar-refractivity contribution in [2.75, 3.05) is 13.1 Å². The monoisotopic (exact) mass is 236 g/mol. The Morgan fingerprint density at radius 3 is 2.76 bits per heavy atom. The van der Waals surface area contributed by atoms with E-state index >= 15 is 0 Å². The third-order valence-corrected chi connectivity index (χ3v) is 3.90. The number of likely N-dealkylation sites (tertiary alicyclic amines) is 1. The molecule has 0 amide bonds. The van der Waals surface area contributed by atoms with E-state index in [0.717, 1.165) is 24.0 Å². The van der Waals surface area contributed by atoms with E-state index in [4.69, 9.17) is 10.2 Å². The van der Waals surface area contributed by atoms with Gasteiger partial charge < -0.3 is 10.2 Å². The molecule has 1 fully saturated rings. The number of hydrogen-bond donors (Lipinski definition) is 1. The average Bonchev–Trinajstić information content (AvgIpc) is 2.69. The summed E-state index contributed by atoms with van der Waals surface area (Å²) in [5, 5.41) is 0. The van der Waals surface area contributed by atoms with Crippen LogP contribution in [0.25, 0.3) is 0 Å². The van der Waals surface area contributed by atoms with Crippen molar-refractivity contribution in [3.05, 3.63) is 23.7 Å². The normalized spacial score (nSPS) is 28.2. The Kier molecular flexibility index (Phi) is 3.89. The summed E-state index contributed by atoms with van der Waals surface area (Å²) in [6.07, 6.45) is 2.52. The molecule has 96 valence electrons. The Balaban J connectivity index is 2.13. The summed E-state index contributed by atoms with van der Waals surface area (Å²) in [7, 11) is 0. The second-order valence-corrected chi connectivity index (χ2v) is 5.42. The number of aryl methyl sites for hydroxylation is 1. The van der Waals surface area contributed by atoms with Gasteiger partial charge in [-0.1, -0.05) is 6.92 Å². The Hall–Kier alpha value is -0.800. The highest BCUT2D eigenvalue weighted by Gasteiger charge is 2.30. The van der Waals surface area contributed by atoms with Crippen LogP contribution in [0.15, 0.2) is 16.5 Å². The second-order valence-electron chi connectivity index (χ2n) is 5.42. The molecule has 3 heteroatoms. The first-order valence-electron chi connectivity index (χ1n) is 6.64. The molecule has 0 radical (unpaired) electrons. The van der Waals surface area contributed by atoms with E-state index in [1.54, 1.807) is 0 Å². The highest BCUT2D eigenvalue weighted by molar-refractivity contribution is 5.11. The Morgan fingerprint density at radius 2 is 2.24 bits per heavy atom. The number of hydrogen-bond acceptors (Lipinski definition) is 3. The van der Waals surface area contributed by atoms with Crippen molar-refractivity contribution in [2.24, 2.45) is 11.7 Å². The van der Waals surface area contributed by atoms with Crippen LogP contribution in [0.4, 0.5) is 0 Å². The Bertz CT molecular complexity index is 361. The van der Waals surface area contributed by atoms with Gasteiger partial charge in [0.15, 0.2) is 0 Å². The summed E-state index contributed by atoms with van der Waals surface area (Å²) in [5.41, 5.74) is 5.94. The van der Waals surface area contributed by atoms with Gasteiger partial charge in [0.05, 0.1) is 6.04 Å². The van der Waals surface area contributed by atoms with Crippen LogP contribution in [0.5, 0.6) is 0 Å². The summed E-state index contributed by atoms with van der Waals surface area (Å²) in [5.74, 6) is 2.82. The highest BCUT2D eigenvalue weighted by atomic mass is 16.3. The van der Waals surface area contributed by atoms with Crippen LogP contribution < -0.4 is 5.73 Å². The minimum atomic E-state index is 0.242. The molecule has 17 heavy (non-hydrogen) atoms. The van der Waals surface area contributed by atoms with E-state index in [1.807, 2.05) is 13.0 Å². The maximum absolute atomic E-state index is 5.94. The molecule has 3 nitrogen and oxygen atoms in total. The van der Waals surface area contributed by atoms with Crippen molar-refractivity contribution in [3.63, 3.8) is 0 Å². The van der Waals surface area contributed by atoms with Gasteiger partial charge in [0.2, 0.25) is 0 Å². The predicted molar refractivity (Wildman–Crippen MR) is 69.8 cm³/mol. The minimum absolute atomic E-state index is 0.242. The lowest BCUT2D eigenvalue weighted by atomic mass is 9.91. The number of rotatable bonds is 3. The van der Waals surface area contributed by atoms with Crippen molar-refractivity contribution < 1.29 is 4.42 Å². The second kappa shape index (κ2) is 5.23. The number of piperidine rings is 1. The molecule has 0 spiro atoms. The molecular formula is C14H24N2O. The standard InChI is InChI=1S/C14H24N2O/c1-10-6-7-16(11(2)8-10)13(9-15)14-5-4-12(3)17-14/h4-5,10-11,13H,6-9,15H2,1-3H3. The Labute approximate surface area is 104 Å². The SMILES string of the molecule is Cc1ccc(C(CN)N2CCC(C)CC2C)o1. The summed E-state index contributed by atoms with van der Waals surface area (Å²) >= 11 is 0. The van der Waals surface area contributed by atoms with Crippen molar-refractivity contribution in [2.45, 2.75) is 45.7 Å². The third-order valence-electron chi connectivity index (χ3n) is 3.90. The molecule has 3 unspecified atom stereocenters. The van der Waals surface area contributed by atoms with E-state index < -0.39 is 0 Å². The maximum atomic E-state index is 5.94. The third kappa shape index (κ3) is 2.72. The van der Waals surface area contributed by atoms with Gasteiger partial charge in [0.25, 0.3) is 0 Å². The first kappa shape index (κ1) is 12.7. The van der Waals surface area contributed by atoms with E-state index in [2.05, 4.69) is 24.8 Å². The van der Waals surface area contributed by atoms with Crippen LogP contribution in [0.2, 0.25) is 0 Å². The predicted octanol–water partition coefficient (Wildman–Crippen LogP) is 2.71. The van der Waals surface area contributed by atoms with Crippen LogP contribution >= 0.6 is 0 Å².